The van der Waals surface area contributed by atoms with Crippen molar-refractivity contribution in [3.63, 3.8) is 0 Å². The Morgan fingerprint density at radius 2 is 2.00 bits per heavy atom. The fraction of sp³-hybridized carbons (Fsp3) is 0.526. The van der Waals surface area contributed by atoms with Crippen LogP contribution in [0.25, 0.3) is 11.4 Å². The van der Waals surface area contributed by atoms with Crippen LogP contribution >= 0.6 is 0 Å². The summed E-state index contributed by atoms with van der Waals surface area (Å²) in [5, 5.41) is 7.24. The zero-order valence-electron chi connectivity index (χ0n) is 14.6. The van der Waals surface area contributed by atoms with Crippen molar-refractivity contribution in [3.05, 3.63) is 36.2 Å². The van der Waals surface area contributed by atoms with Crippen LogP contribution in [0.2, 0.25) is 0 Å². The fourth-order valence-corrected chi connectivity index (χ4v) is 3.88. The Labute approximate surface area is 151 Å². The highest BCUT2D eigenvalue weighted by atomic mass is 19.1. The largest absolute Gasteiger partial charge is 0.381 e. The van der Waals surface area contributed by atoms with Crippen molar-refractivity contribution in [3.8, 4) is 11.4 Å². The third-order valence-corrected chi connectivity index (χ3v) is 5.41. The van der Waals surface area contributed by atoms with Gasteiger partial charge in [-0.15, -0.1) is 0 Å². The summed E-state index contributed by atoms with van der Waals surface area (Å²) in [7, 11) is 0. The molecule has 0 unspecified atom stereocenters. The van der Waals surface area contributed by atoms with Gasteiger partial charge in [0.2, 0.25) is 5.91 Å². The van der Waals surface area contributed by atoms with Gasteiger partial charge in [-0.05, 0) is 12.8 Å². The topological polar surface area (TPSA) is 71.1 Å². The van der Waals surface area contributed by atoms with E-state index in [1.165, 1.54) is 0 Å². The summed E-state index contributed by atoms with van der Waals surface area (Å²) in [6, 6.07) is 9.68. The Morgan fingerprint density at radius 1 is 1.23 bits per heavy atom. The Hall–Kier alpha value is -2.28. The van der Waals surface area contributed by atoms with Crippen molar-refractivity contribution in [1.82, 2.24) is 20.1 Å². The number of nitrogens with one attached hydrogen (secondary N) is 1. The summed E-state index contributed by atoms with van der Waals surface area (Å²) >= 11 is 0. The first kappa shape index (κ1) is 17.1. The highest BCUT2D eigenvalue weighted by molar-refractivity contribution is 5.79. The first-order chi connectivity index (χ1) is 12.8. The quantitative estimate of drug-likeness (QED) is 0.911. The van der Waals surface area contributed by atoms with Gasteiger partial charge in [0.15, 0.2) is 5.82 Å². The molecule has 1 N–H and O–H groups in total. The Kier molecular flexibility index (Phi) is 4.97. The van der Waals surface area contributed by atoms with Crippen LogP contribution in [-0.2, 0) is 9.53 Å². The van der Waals surface area contributed by atoms with Gasteiger partial charge in [0.1, 0.15) is 5.82 Å². The van der Waals surface area contributed by atoms with Crippen LogP contribution in [0, 0.1) is 11.8 Å². The number of hydrogen-bond acceptors (Lipinski definition) is 4. The SMILES string of the molecule is O=C(C1CCOCC1)N1C[C@@H](CF)[C@H](c2nc(-c3ccccc3)n[nH]2)C1. The van der Waals surface area contributed by atoms with Crippen LogP contribution in [0.4, 0.5) is 4.39 Å². The van der Waals surface area contributed by atoms with Crippen molar-refractivity contribution in [1.29, 1.82) is 0 Å². The molecule has 0 aliphatic carbocycles. The number of likely N-dealkylation sites (tertiary alicyclic amines) is 1. The Balaban J connectivity index is 1.49. The lowest BCUT2D eigenvalue weighted by Gasteiger charge is -2.26. The molecule has 6 nitrogen and oxygen atoms in total. The number of alkyl halides is 1. The Morgan fingerprint density at radius 3 is 2.73 bits per heavy atom. The van der Waals surface area contributed by atoms with Crippen molar-refractivity contribution >= 4 is 5.91 Å². The van der Waals surface area contributed by atoms with Crippen LogP contribution < -0.4 is 0 Å². The number of rotatable bonds is 4. The Bertz CT molecular complexity index is 745. The lowest BCUT2D eigenvalue weighted by atomic mass is 9.97. The maximum Gasteiger partial charge on any atom is 0.225 e. The minimum Gasteiger partial charge on any atom is -0.381 e. The number of amides is 1. The molecule has 0 radical (unpaired) electrons. The predicted molar refractivity (Wildman–Crippen MR) is 94.1 cm³/mol. The number of aromatic nitrogens is 3. The summed E-state index contributed by atoms with van der Waals surface area (Å²) in [5.74, 6) is 1.000. The first-order valence-electron chi connectivity index (χ1n) is 9.16. The molecule has 1 aromatic carbocycles. The van der Waals surface area contributed by atoms with E-state index >= 15 is 0 Å². The second-order valence-electron chi connectivity index (χ2n) is 7.06. The highest BCUT2D eigenvalue weighted by Gasteiger charge is 2.40. The predicted octanol–water partition coefficient (Wildman–Crippen LogP) is 2.41. The monoisotopic (exact) mass is 358 g/mol. The number of benzene rings is 1. The summed E-state index contributed by atoms with van der Waals surface area (Å²) in [6.07, 6.45) is 1.50. The number of carbonyl (C=O) groups is 1. The van der Waals surface area contributed by atoms with E-state index in [1.54, 1.807) is 4.90 Å². The zero-order chi connectivity index (χ0) is 17.9. The second kappa shape index (κ2) is 7.53. The maximum absolute atomic E-state index is 13.6. The number of carbonyl (C=O) groups excluding carboxylic acids is 1. The number of ether oxygens (including phenoxy) is 1. The molecule has 4 rings (SSSR count). The summed E-state index contributed by atoms with van der Waals surface area (Å²) in [6.45, 7) is 1.72. The van der Waals surface area contributed by atoms with Crippen LogP contribution in [0.5, 0.6) is 0 Å². The lowest BCUT2D eigenvalue weighted by Crippen LogP contribution is -2.37. The third-order valence-electron chi connectivity index (χ3n) is 5.41. The normalized spacial score (nSPS) is 24.1. The molecule has 1 amide bonds. The average Bonchev–Trinajstić information content (AvgIpc) is 3.35. The van der Waals surface area contributed by atoms with Gasteiger partial charge in [0.05, 0.1) is 6.67 Å². The van der Waals surface area contributed by atoms with E-state index in [2.05, 4.69) is 15.2 Å². The molecular formula is C19H23FN4O2. The van der Waals surface area contributed by atoms with E-state index in [0.717, 1.165) is 18.4 Å². The first-order valence-corrected chi connectivity index (χ1v) is 9.16. The number of nitrogens with zero attached hydrogens (tertiary/aromatic N) is 3. The fourth-order valence-electron chi connectivity index (χ4n) is 3.88. The second-order valence-corrected chi connectivity index (χ2v) is 7.06. The molecule has 2 aromatic rings. The van der Waals surface area contributed by atoms with Crippen molar-refractivity contribution < 1.29 is 13.9 Å². The molecule has 138 valence electrons. The van der Waals surface area contributed by atoms with E-state index in [0.29, 0.717) is 38.0 Å². The van der Waals surface area contributed by atoms with Crippen molar-refractivity contribution in [2.75, 3.05) is 33.0 Å². The molecule has 2 saturated heterocycles. The minimum atomic E-state index is -0.469. The van der Waals surface area contributed by atoms with E-state index in [9.17, 15) is 9.18 Å². The molecule has 1 aromatic heterocycles. The molecule has 26 heavy (non-hydrogen) atoms. The van der Waals surface area contributed by atoms with Crippen LogP contribution in [0.15, 0.2) is 30.3 Å². The van der Waals surface area contributed by atoms with Gasteiger partial charge in [0, 0.05) is 49.6 Å². The van der Waals surface area contributed by atoms with E-state index in [4.69, 9.17) is 4.74 Å². The molecule has 7 heteroatoms. The number of H-pyrrole nitrogens is 1. The van der Waals surface area contributed by atoms with E-state index < -0.39 is 6.67 Å². The van der Waals surface area contributed by atoms with Gasteiger partial charge in [-0.1, -0.05) is 30.3 Å². The van der Waals surface area contributed by atoms with Crippen LogP contribution in [0.1, 0.15) is 24.6 Å². The highest BCUT2D eigenvalue weighted by Crippen LogP contribution is 2.33. The van der Waals surface area contributed by atoms with Gasteiger partial charge >= 0.3 is 0 Å². The van der Waals surface area contributed by atoms with Gasteiger partial charge in [-0.3, -0.25) is 14.3 Å². The maximum atomic E-state index is 13.6. The number of halogens is 1. The molecule has 2 fully saturated rings. The summed E-state index contributed by atoms with van der Waals surface area (Å²) in [5.41, 5.74) is 0.917. The van der Waals surface area contributed by atoms with Gasteiger partial charge in [0.25, 0.3) is 0 Å². The van der Waals surface area contributed by atoms with Gasteiger partial charge < -0.3 is 9.64 Å². The van der Waals surface area contributed by atoms with Crippen LogP contribution in [-0.4, -0.2) is 59.0 Å². The molecule has 0 spiro atoms. The van der Waals surface area contributed by atoms with Gasteiger partial charge in [-0.2, -0.15) is 5.10 Å². The van der Waals surface area contributed by atoms with E-state index in [1.807, 2.05) is 30.3 Å². The molecule has 2 aliphatic heterocycles. The average molecular weight is 358 g/mol. The van der Waals surface area contributed by atoms with Crippen molar-refractivity contribution in [2.45, 2.75) is 18.8 Å². The molecule has 0 bridgehead atoms. The van der Waals surface area contributed by atoms with Crippen LogP contribution in [0.3, 0.4) is 0 Å². The molecule has 2 aliphatic rings. The number of hydrogen-bond donors (Lipinski definition) is 1. The number of aromatic amines is 1. The molecule has 3 heterocycles. The lowest BCUT2D eigenvalue weighted by molar-refractivity contribution is -0.137. The molecular weight excluding hydrogens is 335 g/mol. The van der Waals surface area contributed by atoms with E-state index in [-0.39, 0.29) is 23.7 Å². The summed E-state index contributed by atoms with van der Waals surface area (Å²) in [4.78, 5) is 19.1. The van der Waals surface area contributed by atoms with Gasteiger partial charge in [-0.25, -0.2) is 4.98 Å². The third kappa shape index (κ3) is 3.35. The zero-order valence-corrected chi connectivity index (χ0v) is 14.6. The minimum absolute atomic E-state index is 0.00244. The molecule has 0 saturated carbocycles. The van der Waals surface area contributed by atoms with Crippen molar-refractivity contribution in [2.24, 2.45) is 11.8 Å². The summed E-state index contributed by atoms with van der Waals surface area (Å²) < 4.78 is 19.0. The standard InChI is InChI=1S/C19H23FN4O2/c20-10-15-11-24(19(25)14-6-8-26-9-7-14)12-16(15)18-21-17(22-23-18)13-4-2-1-3-5-13/h1-5,14-16H,6-12H2,(H,21,22,23)/t15-,16-/m1/s1. The smallest absolute Gasteiger partial charge is 0.225 e. The molecule has 2 atom stereocenters.